The van der Waals surface area contributed by atoms with Crippen LogP contribution in [0.15, 0.2) is 4.99 Å². The van der Waals surface area contributed by atoms with Crippen LogP contribution in [0.25, 0.3) is 0 Å². The fourth-order valence-corrected chi connectivity index (χ4v) is 4.72. The van der Waals surface area contributed by atoms with Crippen molar-refractivity contribution in [3.8, 4) is 0 Å². The van der Waals surface area contributed by atoms with Gasteiger partial charge in [0.05, 0.1) is 6.26 Å². The average Bonchev–Trinajstić information content (AvgIpc) is 2.64. The lowest BCUT2D eigenvalue weighted by molar-refractivity contribution is 0.0368. The maximum atomic E-state index is 11.1. The molecule has 2 aliphatic rings. The standard InChI is InChI=1S/C18H37N5O2S.HI/c1-19-17(20-12-9-13-22-26(2,24)25)21-16-18(10-5-3-6-11-18)23-14-7-4-8-15-23;/h22H,3-16H2,1-2H3,(H2,19,20,21);1H. The van der Waals surface area contributed by atoms with Gasteiger partial charge in [0.25, 0.3) is 0 Å². The summed E-state index contributed by atoms with van der Waals surface area (Å²) in [5.74, 6) is 0.811. The Morgan fingerprint density at radius 2 is 1.63 bits per heavy atom. The van der Waals surface area contributed by atoms with Gasteiger partial charge in [0.2, 0.25) is 10.0 Å². The molecule has 1 saturated heterocycles. The lowest BCUT2D eigenvalue weighted by atomic mass is 9.79. The molecule has 2 fully saturated rings. The van der Waals surface area contributed by atoms with Crippen LogP contribution in [0.3, 0.4) is 0 Å². The van der Waals surface area contributed by atoms with Crippen molar-refractivity contribution in [3.05, 3.63) is 0 Å². The van der Waals surface area contributed by atoms with Crippen LogP contribution in [0.5, 0.6) is 0 Å². The van der Waals surface area contributed by atoms with Crippen molar-refractivity contribution in [2.24, 2.45) is 4.99 Å². The Morgan fingerprint density at radius 3 is 2.22 bits per heavy atom. The molecule has 0 aromatic rings. The molecular weight excluding hydrogens is 477 g/mol. The Bertz CT molecular complexity index is 544. The Balaban J connectivity index is 0.00000364. The molecular formula is C18H38IN5O2S. The van der Waals surface area contributed by atoms with E-state index < -0.39 is 10.0 Å². The number of aliphatic imine (C=N–C) groups is 1. The lowest BCUT2D eigenvalue weighted by Gasteiger charge is -2.48. The van der Waals surface area contributed by atoms with E-state index in [9.17, 15) is 8.42 Å². The highest BCUT2D eigenvalue weighted by Crippen LogP contribution is 2.35. The molecule has 3 N–H and O–H groups in total. The summed E-state index contributed by atoms with van der Waals surface area (Å²) in [5.41, 5.74) is 0.272. The molecule has 0 unspecified atom stereocenters. The van der Waals surface area contributed by atoms with Crippen LogP contribution < -0.4 is 15.4 Å². The number of nitrogens with one attached hydrogen (secondary N) is 3. The van der Waals surface area contributed by atoms with E-state index in [1.165, 1.54) is 70.7 Å². The molecule has 1 aliphatic carbocycles. The van der Waals surface area contributed by atoms with Gasteiger partial charge in [0, 0.05) is 32.2 Å². The maximum Gasteiger partial charge on any atom is 0.208 e. The Kier molecular flexibility index (Phi) is 11.5. The number of guanidine groups is 1. The topological polar surface area (TPSA) is 85.8 Å². The number of rotatable bonds is 8. The Labute approximate surface area is 182 Å². The average molecular weight is 516 g/mol. The zero-order valence-electron chi connectivity index (χ0n) is 16.9. The molecule has 27 heavy (non-hydrogen) atoms. The van der Waals surface area contributed by atoms with Gasteiger partial charge in [-0.3, -0.25) is 9.89 Å². The minimum atomic E-state index is -3.10. The third kappa shape index (κ3) is 8.82. The number of halogens is 1. The van der Waals surface area contributed by atoms with E-state index in [1.54, 1.807) is 7.05 Å². The predicted molar refractivity (Wildman–Crippen MR) is 123 cm³/mol. The van der Waals surface area contributed by atoms with Crippen LogP contribution >= 0.6 is 24.0 Å². The number of hydrogen-bond acceptors (Lipinski definition) is 4. The number of hydrogen-bond donors (Lipinski definition) is 3. The van der Waals surface area contributed by atoms with Gasteiger partial charge in [0.1, 0.15) is 0 Å². The molecule has 2 rings (SSSR count). The van der Waals surface area contributed by atoms with Crippen LogP contribution in [0.1, 0.15) is 57.8 Å². The first-order valence-electron chi connectivity index (χ1n) is 10.1. The van der Waals surface area contributed by atoms with E-state index >= 15 is 0 Å². The van der Waals surface area contributed by atoms with Crippen molar-refractivity contribution in [1.82, 2.24) is 20.3 Å². The fraction of sp³-hybridized carbons (Fsp3) is 0.944. The SMILES string of the molecule is CN=C(NCCCNS(C)(=O)=O)NCC1(N2CCCCC2)CCCCC1.I. The molecule has 0 radical (unpaired) electrons. The smallest absolute Gasteiger partial charge is 0.208 e. The lowest BCUT2D eigenvalue weighted by Crippen LogP contribution is -2.59. The minimum Gasteiger partial charge on any atom is -0.356 e. The van der Waals surface area contributed by atoms with E-state index in [2.05, 4.69) is 25.2 Å². The van der Waals surface area contributed by atoms with Gasteiger partial charge in [-0.25, -0.2) is 13.1 Å². The van der Waals surface area contributed by atoms with Crippen molar-refractivity contribution in [2.45, 2.75) is 63.3 Å². The van der Waals surface area contributed by atoms with E-state index in [4.69, 9.17) is 0 Å². The summed E-state index contributed by atoms with van der Waals surface area (Å²) < 4.78 is 24.7. The highest BCUT2D eigenvalue weighted by Gasteiger charge is 2.38. The van der Waals surface area contributed by atoms with Gasteiger partial charge >= 0.3 is 0 Å². The quantitative estimate of drug-likeness (QED) is 0.199. The van der Waals surface area contributed by atoms with Crippen LogP contribution in [-0.2, 0) is 10.0 Å². The van der Waals surface area contributed by atoms with Gasteiger partial charge in [0.15, 0.2) is 5.96 Å². The van der Waals surface area contributed by atoms with E-state index in [1.807, 2.05) is 0 Å². The highest BCUT2D eigenvalue weighted by molar-refractivity contribution is 14.0. The Morgan fingerprint density at radius 1 is 1.00 bits per heavy atom. The van der Waals surface area contributed by atoms with Crippen LogP contribution in [-0.4, -0.2) is 70.8 Å². The van der Waals surface area contributed by atoms with Crippen molar-refractivity contribution in [2.75, 3.05) is 46.0 Å². The van der Waals surface area contributed by atoms with Crippen LogP contribution in [0.2, 0.25) is 0 Å². The largest absolute Gasteiger partial charge is 0.356 e. The summed E-state index contributed by atoms with van der Waals surface area (Å²) in [6.07, 6.45) is 12.5. The zero-order valence-corrected chi connectivity index (χ0v) is 20.1. The first-order chi connectivity index (χ1) is 12.5. The monoisotopic (exact) mass is 515 g/mol. The van der Waals surface area contributed by atoms with Gasteiger partial charge in [-0.15, -0.1) is 24.0 Å². The molecule has 1 aliphatic heterocycles. The molecule has 0 amide bonds. The summed E-state index contributed by atoms with van der Waals surface area (Å²) >= 11 is 0. The van der Waals surface area contributed by atoms with Gasteiger partial charge in [-0.1, -0.05) is 25.7 Å². The molecule has 0 bridgehead atoms. The number of likely N-dealkylation sites (tertiary alicyclic amines) is 1. The van der Waals surface area contributed by atoms with Gasteiger partial charge < -0.3 is 10.6 Å². The molecule has 0 aromatic carbocycles. The van der Waals surface area contributed by atoms with Crippen molar-refractivity contribution in [1.29, 1.82) is 0 Å². The fourth-order valence-electron chi connectivity index (χ4n) is 4.20. The van der Waals surface area contributed by atoms with Crippen LogP contribution in [0, 0.1) is 0 Å². The summed E-state index contributed by atoms with van der Waals surface area (Å²) in [4.78, 5) is 7.06. The summed E-state index contributed by atoms with van der Waals surface area (Å²) in [7, 11) is -1.31. The first kappa shape index (κ1) is 24.9. The van der Waals surface area contributed by atoms with Gasteiger partial charge in [-0.05, 0) is 45.2 Å². The van der Waals surface area contributed by atoms with Crippen molar-refractivity contribution >= 4 is 40.0 Å². The molecule has 0 spiro atoms. The van der Waals surface area contributed by atoms with E-state index in [0.29, 0.717) is 13.1 Å². The molecule has 9 heteroatoms. The second kappa shape index (κ2) is 12.4. The summed E-state index contributed by atoms with van der Waals surface area (Å²) in [5, 5.41) is 6.84. The number of nitrogens with zero attached hydrogens (tertiary/aromatic N) is 2. The van der Waals surface area contributed by atoms with Crippen LogP contribution in [0.4, 0.5) is 0 Å². The minimum absolute atomic E-state index is 0. The predicted octanol–water partition coefficient (Wildman–Crippen LogP) is 1.90. The second-order valence-corrected chi connectivity index (χ2v) is 9.54. The highest BCUT2D eigenvalue weighted by atomic mass is 127. The van der Waals surface area contributed by atoms with E-state index in [0.717, 1.165) is 18.9 Å². The summed E-state index contributed by atoms with van der Waals surface area (Å²) in [6.45, 7) is 4.53. The molecule has 0 atom stereocenters. The van der Waals surface area contributed by atoms with E-state index in [-0.39, 0.29) is 29.5 Å². The first-order valence-corrected chi connectivity index (χ1v) is 12.0. The molecule has 7 nitrogen and oxygen atoms in total. The third-order valence-corrected chi connectivity index (χ3v) is 6.36. The molecule has 1 saturated carbocycles. The maximum absolute atomic E-state index is 11.1. The summed E-state index contributed by atoms with van der Waals surface area (Å²) in [6, 6.07) is 0. The van der Waals surface area contributed by atoms with Crippen molar-refractivity contribution < 1.29 is 8.42 Å². The second-order valence-electron chi connectivity index (χ2n) is 7.71. The molecule has 0 aromatic heterocycles. The number of piperidine rings is 1. The number of sulfonamides is 1. The normalized spacial score (nSPS) is 21.3. The van der Waals surface area contributed by atoms with Gasteiger partial charge in [-0.2, -0.15) is 0 Å². The third-order valence-electron chi connectivity index (χ3n) is 5.63. The van der Waals surface area contributed by atoms with Crippen molar-refractivity contribution in [3.63, 3.8) is 0 Å². The molecule has 160 valence electrons. The zero-order chi connectivity index (χ0) is 18.9. The Hall–Kier alpha value is -0.130. The molecule has 1 heterocycles.